The third-order valence-electron chi connectivity index (χ3n) is 9.19. The minimum atomic E-state index is -1.22. The molecule has 11 heteroatoms. The van der Waals surface area contributed by atoms with Crippen LogP contribution in [0.1, 0.15) is 80.3 Å². The van der Waals surface area contributed by atoms with Gasteiger partial charge >= 0.3 is 0 Å². The van der Waals surface area contributed by atoms with Crippen molar-refractivity contribution >= 4 is 11.6 Å². The largest absolute Gasteiger partial charge is 0.376 e. The Morgan fingerprint density at radius 2 is 1.84 bits per heavy atom. The Bertz CT molecular complexity index is 1720. The Hall–Kier alpha value is -3.90. The number of nitrogens with zero attached hydrogens (tertiary/aromatic N) is 5. The lowest BCUT2D eigenvalue weighted by molar-refractivity contribution is -0.102. The number of aliphatic imine (C=N–C) groups is 1. The van der Waals surface area contributed by atoms with Gasteiger partial charge in [0.15, 0.2) is 5.84 Å². The number of benzene rings is 2. The highest BCUT2D eigenvalue weighted by molar-refractivity contribution is 6.04. The average molecular weight is 613 g/mol. The van der Waals surface area contributed by atoms with Crippen LogP contribution >= 0.6 is 0 Å². The molecule has 2 aliphatic heterocycles. The van der Waals surface area contributed by atoms with Gasteiger partial charge in [-0.05, 0) is 61.6 Å². The van der Waals surface area contributed by atoms with E-state index in [0.717, 1.165) is 91.5 Å². The fraction of sp³-hybridized carbons (Fsp3) is 0.471. The highest BCUT2D eigenvalue weighted by Crippen LogP contribution is 2.32. The molecule has 1 saturated carbocycles. The van der Waals surface area contributed by atoms with Crippen molar-refractivity contribution in [2.45, 2.75) is 89.4 Å². The lowest BCUT2D eigenvalue weighted by atomic mass is 9.92. The summed E-state index contributed by atoms with van der Waals surface area (Å²) in [5.41, 5.74) is 8.26. The van der Waals surface area contributed by atoms with Crippen molar-refractivity contribution < 1.29 is 19.4 Å². The molecule has 0 bridgehead atoms. The van der Waals surface area contributed by atoms with Crippen molar-refractivity contribution in [3.05, 3.63) is 87.6 Å². The molecule has 4 heterocycles. The van der Waals surface area contributed by atoms with Crippen LogP contribution in [0, 0.1) is 0 Å². The Morgan fingerprint density at radius 1 is 1.04 bits per heavy atom. The number of nitrogens with one attached hydrogen (secondary N) is 1. The Labute approximate surface area is 261 Å². The molecular weight excluding hydrogens is 572 g/mol. The number of aryl methyl sites for hydroxylation is 1. The fourth-order valence-electron chi connectivity index (χ4n) is 6.91. The number of aliphatic hydroxyl groups excluding tert-OH is 1. The highest BCUT2D eigenvalue weighted by atomic mass is 16.7. The molecule has 11 nitrogen and oxygen atoms in total. The standard InChI is InChI=1S/C34H40N6O5/c1-2-6-30-29(19-22-10-12-23(13-11-22)27-8-3-4-9-28(27)31-37-34(42)45-38-31)32(41)39(33-35-21-36-40(30)33)24-14-16-25(17-15-24)44-20-26-7-5-18-43-26/h3-4,8-13,21,24-26,34,42H,2,5-7,14-20H2,1H3,(H,37,38). The second-order valence-corrected chi connectivity index (χ2v) is 12.2. The number of fused-ring (bicyclic) bond motifs is 1. The number of hydrogen-bond acceptors (Lipinski definition) is 9. The van der Waals surface area contributed by atoms with Crippen LogP contribution < -0.4 is 11.0 Å². The summed E-state index contributed by atoms with van der Waals surface area (Å²) in [5, 5.41) is 14.3. The van der Waals surface area contributed by atoms with Gasteiger partial charge in [-0.3, -0.25) is 9.36 Å². The molecule has 45 heavy (non-hydrogen) atoms. The van der Waals surface area contributed by atoms with Crippen molar-refractivity contribution in [3.63, 3.8) is 0 Å². The van der Waals surface area contributed by atoms with Crippen molar-refractivity contribution in [2.75, 3.05) is 13.2 Å². The number of aromatic nitrogens is 4. The van der Waals surface area contributed by atoms with Gasteiger partial charge in [-0.15, -0.1) is 0 Å². The summed E-state index contributed by atoms with van der Waals surface area (Å²) in [5.74, 6) is 1.11. The third-order valence-corrected chi connectivity index (χ3v) is 9.19. The molecule has 1 saturated heterocycles. The molecule has 0 spiro atoms. The van der Waals surface area contributed by atoms with Gasteiger partial charge < -0.3 is 14.6 Å². The topological polar surface area (TPSA) is 125 Å². The molecule has 3 aliphatic rings. The highest BCUT2D eigenvalue weighted by Gasteiger charge is 2.29. The van der Waals surface area contributed by atoms with E-state index in [0.29, 0.717) is 24.6 Å². The number of aliphatic hydroxyl groups is 1. The Balaban J connectivity index is 1.15. The smallest absolute Gasteiger partial charge is 0.280 e. The molecule has 4 aromatic rings. The van der Waals surface area contributed by atoms with Crippen LogP contribution in [-0.2, 0) is 27.2 Å². The summed E-state index contributed by atoms with van der Waals surface area (Å²) in [7, 11) is 0. The van der Waals surface area contributed by atoms with Gasteiger partial charge in [-0.2, -0.15) is 10.1 Å². The summed E-state index contributed by atoms with van der Waals surface area (Å²) in [6.07, 6.45) is 8.63. The molecule has 0 radical (unpaired) electrons. The van der Waals surface area contributed by atoms with Gasteiger partial charge in [0.2, 0.25) is 5.78 Å². The normalized spacial score (nSPS) is 23.4. The quantitative estimate of drug-likeness (QED) is 0.271. The second-order valence-electron chi connectivity index (χ2n) is 12.2. The average Bonchev–Trinajstić information content (AvgIpc) is 3.86. The van der Waals surface area contributed by atoms with E-state index in [1.165, 1.54) is 0 Å². The molecule has 1 aliphatic carbocycles. The third kappa shape index (κ3) is 6.17. The van der Waals surface area contributed by atoms with Gasteiger partial charge in [0.1, 0.15) is 6.33 Å². The van der Waals surface area contributed by atoms with E-state index in [1.807, 2.05) is 33.3 Å². The van der Waals surface area contributed by atoms with Crippen molar-refractivity contribution in [3.8, 4) is 11.1 Å². The zero-order valence-corrected chi connectivity index (χ0v) is 25.6. The van der Waals surface area contributed by atoms with E-state index in [2.05, 4.69) is 51.7 Å². The predicted molar refractivity (Wildman–Crippen MR) is 169 cm³/mol. The van der Waals surface area contributed by atoms with Crippen molar-refractivity contribution in [2.24, 2.45) is 4.99 Å². The maximum atomic E-state index is 14.3. The van der Waals surface area contributed by atoms with Crippen LogP contribution in [0.4, 0.5) is 0 Å². The van der Waals surface area contributed by atoms with Gasteiger partial charge in [0, 0.05) is 30.2 Å². The number of hydroxylamine groups is 1. The SMILES string of the molecule is CCCc1c(Cc2ccc(-c3ccccc3C3=NC(O)ON3)cc2)c(=O)n(C2CCC(OCC3CCCO3)CC2)c2ncnn12. The predicted octanol–water partition coefficient (Wildman–Crippen LogP) is 4.34. The first-order chi connectivity index (χ1) is 22.1. The maximum Gasteiger partial charge on any atom is 0.280 e. The van der Waals surface area contributed by atoms with E-state index in [-0.39, 0.29) is 23.8 Å². The summed E-state index contributed by atoms with van der Waals surface area (Å²) >= 11 is 0. The van der Waals surface area contributed by atoms with Crippen LogP contribution in [0.15, 0.2) is 64.6 Å². The maximum absolute atomic E-state index is 14.3. The van der Waals surface area contributed by atoms with E-state index in [4.69, 9.17) is 14.3 Å². The van der Waals surface area contributed by atoms with Crippen LogP contribution in [-0.4, -0.2) is 61.9 Å². The first kappa shape index (κ1) is 29.8. The van der Waals surface area contributed by atoms with E-state index < -0.39 is 6.41 Å². The Morgan fingerprint density at radius 3 is 2.56 bits per heavy atom. The molecule has 2 aromatic heterocycles. The van der Waals surface area contributed by atoms with Gasteiger partial charge in [0.05, 0.1) is 24.5 Å². The first-order valence-corrected chi connectivity index (χ1v) is 16.1. The molecule has 7 rings (SSSR count). The lowest BCUT2D eigenvalue weighted by Gasteiger charge is -2.31. The zero-order chi connectivity index (χ0) is 30.8. The first-order valence-electron chi connectivity index (χ1n) is 16.1. The van der Waals surface area contributed by atoms with Crippen LogP contribution in [0.3, 0.4) is 0 Å². The minimum absolute atomic E-state index is 0.0287. The molecule has 2 N–H and O–H groups in total. The second kappa shape index (κ2) is 13.2. The van der Waals surface area contributed by atoms with E-state index >= 15 is 0 Å². The monoisotopic (exact) mass is 612 g/mol. The lowest BCUT2D eigenvalue weighted by Crippen LogP contribution is -2.35. The molecule has 2 atom stereocenters. The van der Waals surface area contributed by atoms with Crippen LogP contribution in [0.2, 0.25) is 0 Å². The summed E-state index contributed by atoms with van der Waals surface area (Å²) in [6, 6.07) is 16.2. The Kier molecular flexibility index (Phi) is 8.75. The van der Waals surface area contributed by atoms with Crippen LogP contribution in [0.25, 0.3) is 16.9 Å². The molecule has 2 fully saturated rings. The van der Waals surface area contributed by atoms with Crippen molar-refractivity contribution in [1.29, 1.82) is 0 Å². The molecule has 0 amide bonds. The van der Waals surface area contributed by atoms with Gasteiger partial charge in [0.25, 0.3) is 12.0 Å². The molecule has 2 aromatic carbocycles. The number of ether oxygens (including phenoxy) is 2. The van der Waals surface area contributed by atoms with E-state index in [9.17, 15) is 9.90 Å². The van der Waals surface area contributed by atoms with Gasteiger partial charge in [-0.1, -0.05) is 61.9 Å². The van der Waals surface area contributed by atoms with E-state index in [1.54, 1.807) is 6.33 Å². The minimum Gasteiger partial charge on any atom is -0.376 e. The summed E-state index contributed by atoms with van der Waals surface area (Å²) in [6.45, 7) is 3.62. The van der Waals surface area contributed by atoms with Crippen molar-refractivity contribution in [1.82, 2.24) is 24.6 Å². The fourth-order valence-corrected chi connectivity index (χ4v) is 6.91. The number of hydrogen-bond donors (Lipinski definition) is 2. The summed E-state index contributed by atoms with van der Waals surface area (Å²) < 4.78 is 15.7. The zero-order valence-electron chi connectivity index (χ0n) is 25.6. The number of rotatable bonds is 10. The number of amidine groups is 1. The van der Waals surface area contributed by atoms with Crippen LogP contribution in [0.5, 0.6) is 0 Å². The molecular formula is C34H40N6O5. The molecule has 2 unspecified atom stereocenters. The molecule has 236 valence electrons. The van der Waals surface area contributed by atoms with Gasteiger partial charge in [-0.25, -0.2) is 19.8 Å². The summed E-state index contributed by atoms with van der Waals surface area (Å²) in [4.78, 5) is 28.0.